The summed E-state index contributed by atoms with van der Waals surface area (Å²) in [5.41, 5.74) is 1.53. The minimum Gasteiger partial charge on any atom is -0.534 e. The molecule has 1 aliphatic heterocycles. The van der Waals surface area contributed by atoms with Crippen molar-refractivity contribution in [1.82, 2.24) is 4.98 Å². The Hall–Kier alpha value is -1.33. The predicted molar refractivity (Wildman–Crippen MR) is 75.2 cm³/mol. The van der Waals surface area contributed by atoms with Crippen LogP contribution >= 0.6 is 0 Å². The summed E-state index contributed by atoms with van der Waals surface area (Å²) in [6, 6.07) is 4.00. The summed E-state index contributed by atoms with van der Waals surface area (Å²) in [7, 11) is 1.31. The lowest BCUT2D eigenvalue weighted by Gasteiger charge is -2.15. The van der Waals surface area contributed by atoms with Crippen LogP contribution in [0.25, 0.3) is 0 Å². The number of nitrogens with zero attached hydrogens (tertiary/aromatic N) is 1. The Bertz CT molecular complexity index is 445. The second-order valence-corrected chi connectivity index (χ2v) is 5.18. The number of methoxy groups -OCH3 is 1. The van der Waals surface area contributed by atoms with Crippen molar-refractivity contribution in [2.45, 2.75) is 32.3 Å². The van der Waals surface area contributed by atoms with Crippen LogP contribution in [0.1, 0.15) is 26.0 Å². The van der Waals surface area contributed by atoms with E-state index in [9.17, 15) is 0 Å². The molecule has 2 heterocycles. The third-order valence-corrected chi connectivity index (χ3v) is 3.22. The van der Waals surface area contributed by atoms with Crippen LogP contribution in [0.2, 0.25) is 0 Å². The molecule has 1 aromatic rings. The highest BCUT2D eigenvalue weighted by Gasteiger charge is 2.42. The molecule has 102 valence electrons. The van der Waals surface area contributed by atoms with Gasteiger partial charge in [-0.15, -0.1) is 0 Å². The number of ether oxygens (including phenoxy) is 1. The largest absolute Gasteiger partial charge is 0.564 e. The highest BCUT2D eigenvalue weighted by Crippen LogP contribution is 2.28. The fourth-order valence-corrected chi connectivity index (χ4v) is 1.89. The highest BCUT2D eigenvalue weighted by molar-refractivity contribution is 6.62. The molecule has 0 spiro atoms. The lowest BCUT2D eigenvalue weighted by atomic mass is 9.80. The van der Waals surface area contributed by atoms with Crippen molar-refractivity contribution in [3.63, 3.8) is 0 Å². The summed E-state index contributed by atoms with van der Waals surface area (Å²) in [6.07, 6.45) is 3.70. The smallest absolute Gasteiger partial charge is 0.534 e. The first kappa shape index (κ1) is 14.1. The summed E-state index contributed by atoms with van der Waals surface area (Å²) in [4.78, 5) is 4.42. The Morgan fingerprint density at radius 2 is 2.21 bits per heavy atom. The molecule has 1 fully saturated rings. The van der Waals surface area contributed by atoms with Gasteiger partial charge in [-0.05, 0) is 32.8 Å². The number of aromatic nitrogens is 1. The van der Waals surface area contributed by atoms with Crippen molar-refractivity contribution >= 4 is 12.6 Å². The first-order chi connectivity index (χ1) is 9.03. The van der Waals surface area contributed by atoms with Gasteiger partial charge in [0.15, 0.2) is 0 Å². The molecule has 0 N–H and O–H groups in total. The van der Waals surface area contributed by atoms with Gasteiger partial charge in [0.25, 0.3) is 0 Å². The van der Waals surface area contributed by atoms with E-state index in [-0.39, 0.29) is 0 Å². The topological polar surface area (TPSA) is 40.6 Å². The Kier molecular flexibility index (Phi) is 4.27. The van der Waals surface area contributed by atoms with Crippen LogP contribution in [0, 0.1) is 0 Å². The number of aryl methyl sites for hydroxylation is 1. The SMILES string of the molecule is C=C1OB(c2ccc(CCCOC)nc2)OC1(C)C. The van der Waals surface area contributed by atoms with Crippen molar-refractivity contribution in [1.29, 1.82) is 0 Å². The Morgan fingerprint density at radius 1 is 1.42 bits per heavy atom. The molecule has 0 bridgehead atoms. The second-order valence-electron chi connectivity index (χ2n) is 5.18. The summed E-state index contributed by atoms with van der Waals surface area (Å²) < 4.78 is 16.5. The molecule has 1 saturated heterocycles. The standard InChI is InChI=1S/C14H20BNO3/c1-11-14(2,3)19-15(18-11)12-7-8-13(16-10-12)6-5-9-17-4/h7-8,10H,1,5-6,9H2,2-4H3. The zero-order valence-corrected chi connectivity index (χ0v) is 11.8. The Balaban J connectivity index is 1.97. The van der Waals surface area contributed by atoms with Crippen LogP contribution in [0.15, 0.2) is 30.7 Å². The molecule has 0 unspecified atom stereocenters. The van der Waals surface area contributed by atoms with E-state index in [0.29, 0.717) is 5.76 Å². The minimum absolute atomic E-state index is 0.400. The van der Waals surface area contributed by atoms with Crippen LogP contribution in [-0.4, -0.2) is 31.4 Å². The monoisotopic (exact) mass is 261 g/mol. The van der Waals surface area contributed by atoms with Crippen molar-refractivity contribution < 1.29 is 14.0 Å². The fourth-order valence-electron chi connectivity index (χ4n) is 1.89. The van der Waals surface area contributed by atoms with Gasteiger partial charge < -0.3 is 14.0 Å². The summed E-state index contributed by atoms with van der Waals surface area (Å²) >= 11 is 0. The maximum Gasteiger partial charge on any atom is 0.564 e. The zero-order chi connectivity index (χ0) is 13.9. The van der Waals surface area contributed by atoms with Crippen LogP contribution in [0.3, 0.4) is 0 Å². The molecule has 0 aromatic carbocycles. The molecular formula is C14H20BNO3. The number of hydrogen-bond acceptors (Lipinski definition) is 4. The van der Waals surface area contributed by atoms with E-state index >= 15 is 0 Å². The van der Waals surface area contributed by atoms with Crippen molar-refractivity contribution in [2.75, 3.05) is 13.7 Å². The molecular weight excluding hydrogens is 241 g/mol. The third-order valence-electron chi connectivity index (χ3n) is 3.22. The van der Waals surface area contributed by atoms with Crippen LogP contribution in [0.4, 0.5) is 0 Å². The number of hydrogen-bond donors (Lipinski definition) is 0. The zero-order valence-electron chi connectivity index (χ0n) is 11.8. The van der Waals surface area contributed by atoms with E-state index in [1.807, 2.05) is 32.2 Å². The molecule has 0 aliphatic carbocycles. The van der Waals surface area contributed by atoms with Gasteiger partial charge in [-0.2, -0.15) is 0 Å². The third kappa shape index (κ3) is 3.36. The number of rotatable bonds is 5. The maximum atomic E-state index is 5.80. The minimum atomic E-state index is -0.443. The molecule has 1 aromatic heterocycles. The van der Waals surface area contributed by atoms with E-state index in [4.69, 9.17) is 14.0 Å². The number of pyridine rings is 1. The van der Waals surface area contributed by atoms with Gasteiger partial charge >= 0.3 is 7.12 Å². The quantitative estimate of drug-likeness (QED) is 0.597. The molecule has 2 rings (SSSR count). The van der Waals surface area contributed by atoms with E-state index in [1.165, 1.54) is 0 Å². The van der Waals surface area contributed by atoms with Gasteiger partial charge in [0.2, 0.25) is 0 Å². The Labute approximate surface area is 114 Å². The van der Waals surface area contributed by atoms with Gasteiger partial charge in [-0.25, -0.2) is 0 Å². The highest BCUT2D eigenvalue weighted by atomic mass is 16.7. The van der Waals surface area contributed by atoms with Crippen LogP contribution in [-0.2, 0) is 20.5 Å². The summed E-state index contributed by atoms with van der Waals surface area (Å²) in [5, 5.41) is 0. The van der Waals surface area contributed by atoms with Gasteiger partial charge in [-0.1, -0.05) is 12.6 Å². The van der Waals surface area contributed by atoms with Gasteiger partial charge in [0.1, 0.15) is 5.60 Å². The second kappa shape index (κ2) is 5.76. The molecule has 0 radical (unpaired) electrons. The maximum absolute atomic E-state index is 5.80. The Morgan fingerprint density at radius 3 is 2.74 bits per heavy atom. The molecule has 0 amide bonds. The van der Waals surface area contributed by atoms with E-state index in [1.54, 1.807) is 7.11 Å². The summed E-state index contributed by atoms with van der Waals surface area (Å²) in [6.45, 7) is 8.52. The lowest BCUT2D eigenvalue weighted by molar-refractivity contribution is 0.173. The lowest BCUT2D eigenvalue weighted by Crippen LogP contribution is -2.34. The van der Waals surface area contributed by atoms with E-state index in [2.05, 4.69) is 11.6 Å². The molecule has 4 nitrogen and oxygen atoms in total. The molecule has 0 atom stereocenters. The van der Waals surface area contributed by atoms with Crippen LogP contribution in [0.5, 0.6) is 0 Å². The molecule has 1 aliphatic rings. The van der Waals surface area contributed by atoms with Crippen LogP contribution < -0.4 is 5.46 Å². The first-order valence-electron chi connectivity index (χ1n) is 6.50. The van der Waals surface area contributed by atoms with Crippen molar-refractivity contribution in [3.05, 3.63) is 36.4 Å². The first-order valence-corrected chi connectivity index (χ1v) is 6.50. The normalized spacial score (nSPS) is 17.6. The van der Waals surface area contributed by atoms with E-state index < -0.39 is 12.7 Å². The van der Waals surface area contributed by atoms with Crippen molar-refractivity contribution in [2.24, 2.45) is 0 Å². The average Bonchev–Trinajstić information content (AvgIpc) is 2.65. The van der Waals surface area contributed by atoms with Gasteiger partial charge in [0, 0.05) is 31.1 Å². The van der Waals surface area contributed by atoms with Crippen molar-refractivity contribution in [3.8, 4) is 0 Å². The molecule has 5 heteroatoms. The molecule has 19 heavy (non-hydrogen) atoms. The summed E-state index contributed by atoms with van der Waals surface area (Å²) in [5.74, 6) is 0.654. The van der Waals surface area contributed by atoms with E-state index in [0.717, 1.165) is 30.6 Å². The predicted octanol–water partition coefficient (Wildman–Crippen LogP) is 1.69. The van der Waals surface area contributed by atoms with Gasteiger partial charge in [0.05, 0.1) is 5.76 Å². The molecule has 0 saturated carbocycles. The fraction of sp³-hybridized carbons (Fsp3) is 0.500. The average molecular weight is 261 g/mol. The van der Waals surface area contributed by atoms with Gasteiger partial charge in [-0.3, -0.25) is 4.98 Å².